The number of nitrogens with two attached hydrogens (primary N) is 1. The number of rotatable bonds is 5. The van der Waals surface area contributed by atoms with Crippen molar-refractivity contribution in [2.75, 3.05) is 27.3 Å². The van der Waals surface area contributed by atoms with E-state index in [9.17, 15) is 4.79 Å². The summed E-state index contributed by atoms with van der Waals surface area (Å²) in [5.41, 5.74) is 6.50. The van der Waals surface area contributed by atoms with Crippen LogP contribution in [0.3, 0.4) is 0 Å². The van der Waals surface area contributed by atoms with Crippen LogP contribution in [-0.4, -0.2) is 55.2 Å². The second-order valence-electron chi connectivity index (χ2n) is 8.05. The highest BCUT2D eigenvalue weighted by molar-refractivity contribution is 5.90. The number of methoxy groups -OCH3 is 2. The van der Waals surface area contributed by atoms with Crippen molar-refractivity contribution in [2.24, 2.45) is 17.6 Å². The number of primary amides is 1. The van der Waals surface area contributed by atoms with Crippen molar-refractivity contribution in [1.29, 1.82) is 0 Å². The third-order valence-electron chi connectivity index (χ3n) is 6.95. The first-order valence-corrected chi connectivity index (χ1v) is 9.66. The van der Waals surface area contributed by atoms with Crippen LogP contribution in [0.4, 0.5) is 0 Å². The number of nitrogens with zero attached hydrogens (tertiary/aromatic N) is 2. The standard InChI is InChI=1S/C20H29N3O3/c1-25-17-9-16(10-17)23-11-14-4-3-5-15(12-23)20(14,26-2)13-6-7-22-18(8-13)19(21)24/h6-8,14-17H,3-5,9-12H2,1-2H3,(H2,21,24). The Kier molecular flexibility index (Phi) is 4.75. The number of piperidine rings is 1. The van der Waals surface area contributed by atoms with E-state index in [-0.39, 0.29) is 5.60 Å². The largest absolute Gasteiger partial charge is 0.381 e. The molecule has 3 fully saturated rings. The summed E-state index contributed by atoms with van der Waals surface area (Å²) in [6.07, 6.45) is 7.92. The topological polar surface area (TPSA) is 77.7 Å². The Morgan fingerprint density at radius 1 is 1.27 bits per heavy atom. The maximum Gasteiger partial charge on any atom is 0.267 e. The number of likely N-dealkylation sites (tertiary alicyclic amines) is 1. The van der Waals surface area contributed by atoms with Crippen LogP contribution in [0.1, 0.15) is 48.2 Å². The second-order valence-corrected chi connectivity index (χ2v) is 8.05. The maximum absolute atomic E-state index is 11.6. The van der Waals surface area contributed by atoms with Crippen molar-refractivity contribution >= 4 is 5.91 Å². The Hall–Kier alpha value is -1.50. The summed E-state index contributed by atoms with van der Waals surface area (Å²) in [7, 11) is 3.62. The van der Waals surface area contributed by atoms with Gasteiger partial charge in [-0.15, -0.1) is 0 Å². The first-order valence-electron chi connectivity index (χ1n) is 9.66. The van der Waals surface area contributed by atoms with E-state index in [0.717, 1.165) is 44.3 Å². The Bertz CT molecular complexity index is 660. The minimum absolute atomic E-state index is 0.321. The third-order valence-corrected chi connectivity index (χ3v) is 6.95. The van der Waals surface area contributed by atoms with Crippen molar-refractivity contribution in [1.82, 2.24) is 9.88 Å². The maximum atomic E-state index is 11.6. The van der Waals surface area contributed by atoms with Gasteiger partial charge in [-0.05, 0) is 43.4 Å². The zero-order chi connectivity index (χ0) is 18.3. The van der Waals surface area contributed by atoms with Crippen LogP contribution in [0, 0.1) is 11.8 Å². The molecule has 2 atom stereocenters. The fourth-order valence-electron chi connectivity index (χ4n) is 5.52. The smallest absolute Gasteiger partial charge is 0.267 e. The molecule has 1 aromatic rings. The second kappa shape index (κ2) is 6.91. The lowest BCUT2D eigenvalue weighted by Gasteiger charge is -2.58. The van der Waals surface area contributed by atoms with Gasteiger partial charge in [-0.3, -0.25) is 14.7 Å². The molecule has 1 amide bonds. The molecule has 26 heavy (non-hydrogen) atoms. The van der Waals surface area contributed by atoms with Gasteiger partial charge in [0.15, 0.2) is 0 Å². The number of ether oxygens (including phenoxy) is 2. The van der Waals surface area contributed by atoms with Gasteiger partial charge in [0, 0.05) is 51.4 Å². The number of aromatic nitrogens is 1. The van der Waals surface area contributed by atoms with Crippen molar-refractivity contribution < 1.29 is 14.3 Å². The Morgan fingerprint density at radius 2 is 1.96 bits per heavy atom. The Balaban J connectivity index is 1.62. The molecule has 4 rings (SSSR count). The van der Waals surface area contributed by atoms with Crippen LogP contribution in [0.2, 0.25) is 0 Å². The van der Waals surface area contributed by atoms with Gasteiger partial charge in [0.25, 0.3) is 5.91 Å². The Labute approximate surface area is 155 Å². The summed E-state index contributed by atoms with van der Waals surface area (Å²) in [6, 6.07) is 4.48. The average molecular weight is 359 g/mol. The van der Waals surface area contributed by atoms with Crippen LogP contribution in [0.25, 0.3) is 0 Å². The molecule has 1 saturated heterocycles. The molecular weight excluding hydrogens is 330 g/mol. The number of carbonyl (C=O) groups excluding carboxylic acids is 1. The lowest BCUT2D eigenvalue weighted by atomic mass is 9.61. The molecule has 0 spiro atoms. The zero-order valence-corrected chi connectivity index (χ0v) is 15.7. The van der Waals surface area contributed by atoms with Crippen LogP contribution in [0.15, 0.2) is 18.3 Å². The molecular formula is C20H29N3O3. The summed E-state index contributed by atoms with van der Waals surface area (Å²) >= 11 is 0. The fourth-order valence-corrected chi connectivity index (χ4v) is 5.52. The van der Waals surface area contributed by atoms with E-state index in [0.29, 0.717) is 29.7 Å². The molecule has 0 aromatic carbocycles. The predicted molar refractivity (Wildman–Crippen MR) is 97.7 cm³/mol. The highest BCUT2D eigenvalue weighted by Gasteiger charge is 2.54. The van der Waals surface area contributed by atoms with Crippen molar-refractivity contribution in [3.05, 3.63) is 29.6 Å². The van der Waals surface area contributed by atoms with Gasteiger partial charge < -0.3 is 15.2 Å². The molecule has 2 heterocycles. The predicted octanol–water partition coefficient (Wildman–Crippen LogP) is 1.93. The van der Waals surface area contributed by atoms with Crippen LogP contribution >= 0.6 is 0 Å². The first kappa shape index (κ1) is 17.9. The molecule has 1 aliphatic heterocycles. The first-order chi connectivity index (χ1) is 12.6. The van der Waals surface area contributed by atoms with E-state index in [1.165, 1.54) is 6.42 Å². The fraction of sp³-hybridized carbons (Fsp3) is 0.700. The molecule has 1 aromatic heterocycles. The van der Waals surface area contributed by atoms with Crippen LogP contribution in [0.5, 0.6) is 0 Å². The van der Waals surface area contributed by atoms with E-state index >= 15 is 0 Å². The molecule has 2 bridgehead atoms. The molecule has 6 heteroatoms. The highest BCUT2D eigenvalue weighted by atomic mass is 16.5. The molecule has 2 aliphatic carbocycles. The number of pyridine rings is 1. The van der Waals surface area contributed by atoms with Gasteiger partial charge >= 0.3 is 0 Å². The van der Waals surface area contributed by atoms with Crippen molar-refractivity contribution in [3.8, 4) is 0 Å². The number of hydrogen-bond donors (Lipinski definition) is 1. The number of amides is 1. The zero-order valence-electron chi connectivity index (χ0n) is 15.7. The number of fused-ring (bicyclic) bond motifs is 2. The van der Waals surface area contributed by atoms with Crippen LogP contribution in [-0.2, 0) is 15.1 Å². The van der Waals surface area contributed by atoms with E-state index in [1.807, 2.05) is 26.4 Å². The molecule has 2 saturated carbocycles. The van der Waals surface area contributed by atoms with Gasteiger partial charge in [-0.2, -0.15) is 0 Å². The van der Waals surface area contributed by atoms with E-state index < -0.39 is 5.91 Å². The van der Waals surface area contributed by atoms with Crippen molar-refractivity contribution in [2.45, 2.75) is 49.9 Å². The monoisotopic (exact) mass is 359 g/mol. The molecule has 3 aliphatic rings. The van der Waals surface area contributed by atoms with E-state index in [1.54, 1.807) is 6.20 Å². The third kappa shape index (κ3) is 2.75. The van der Waals surface area contributed by atoms with Gasteiger partial charge in [-0.1, -0.05) is 6.42 Å². The summed E-state index contributed by atoms with van der Waals surface area (Å²) in [5, 5.41) is 0. The summed E-state index contributed by atoms with van der Waals surface area (Å²) in [4.78, 5) is 18.4. The summed E-state index contributed by atoms with van der Waals surface area (Å²) in [6.45, 7) is 2.08. The summed E-state index contributed by atoms with van der Waals surface area (Å²) in [5.74, 6) is 0.357. The number of carbonyl (C=O) groups is 1. The molecule has 142 valence electrons. The highest BCUT2D eigenvalue weighted by Crippen LogP contribution is 2.52. The molecule has 2 N–H and O–H groups in total. The normalized spacial score (nSPS) is 37.2. The molecule has 2 unspecified atom stereocenters. The van der Waals surface area contributed by atoms with E-state index in [2.05, 4.69) is 9.88 Å². The molecule has 0 radical (unpaired) electrons. The van der Waals surface area contributed by atoms with Crippen LogP contribution < -0.4 is 5.73 Å². The van der Waals surface area contributed by atoms with E-state index in [4.69, 9.17) is 15.2 Å². The number of hydrogen-bond acceptors (Lipinski definition) is 5. The SMILES string of the molecule is COC1CC(N2CC3CCCC(C2)C3(OC)c2ccnc(C(N)=O)c2)C1. The lowest BCUT2D eigenvalue weighted by Crippen LogP contribution is -2.63. The van der Waals surface area contributed by atoms with Gasteiger partial charge in [0.1, 0.15) is 11.3 Å². The minimum Gasteiger partial charge on any atom is -0.381 e. The Morgan fingerprint density at radius 3 is 2.54 bits per heavy atom. The summed E-state index contributed by atoms with van der Waals surface area (Å²) < 4.78 is 11.7. The molecule has 6 nitrogen and oxygen atoms in total. The quantitative estimate of drug-likeness (QED) is 0.869. The minimum atomic E-state index is -0.485. The average Bonchev–Trinajstić information content (AvgIpc) is 2.60. The van der Waals surface area contributed by atoms with Gasteiger partial charge in [0.2, 0.25) is 0 Å². The van der Waals surface area contributed by atoms with Gasteiger partial charge in [-0.25, -0.2) is 0 Å². The van der Waals surface area contributed by atoms with Gasteiger partial charge in [0.05, 0.1) is 6.10 Å². The van der Waals surface area contributed by atoms with Crippen molar-refractivity contribution in [3.63, 3.8) is 0 Å². The lowest BCUT2D eigenvalue weighted by molar-refractivity contribution is -0.183.